The van der Waals surface area contributed by atoms with Gasteiger partial charge in [0.05, 0.1) is 6.10 Å². The Morgan fingerprint density at radius 3 is 2.72 bits per heavy atom. The molecule has 0 N–H and O–H groups in total. The van der Waals surface area contributed by atoms with Gasteiger partial charge in [0, 0.05) is 43.2 Å². The number of hydrogen-bond donors (Lipinski definition) is 0. The van der Waals surface area contributed by atoms with Crippen molar-refractivity contribution < 1.29 is 14.3 Å². The molecule has 4 rings (SSSR count). The van der Waals surface area contributed by atoms with Crippen LogP contribution in [0.4, 0.5) is 5.82 Å². The molecule has 0 bridgehead atoms. The van der Waals surface area contributed by atoms with E-state index in [0.29, 0.717) is 18.9 Å². The topological polar surface area (TPSA) is 75.6 Å². The Hall–Kier alpha value is -2.02. The van der Waals surface area contributed by atoms with Crippen LogP contribution in [0.3, 0.4) is 0 Å². The normalized spacial score (nSPS) is 22.2. The molecule has 0 spiro atoms. The highest BCUT2D eigenvalue weighted by molar-refractivity contribution is 5.95. The minimum Gasteiger partial charge on any atom is -0.369 e. The van der Waals surface area contributed by atoms with Crippen molar-refractivity contribution in [3.8, 4) is 0 Å². The lowest BCUT2D eigenvalue weighted by Gasteiger charge is -2.34. The van der Waals surface area contributed by atoms with Crippen molar-refractivity contribution in [3.05, 3.63) is 17.1 Å². The highest BCUT2D eigenvalue weighted by atomic mass is 16.5. The van der Waals surface area contributed by atoms with Crippen LogP contribution in [-0.2, 0) is 20.7 Å². The molecule has 1 aromatic heterocycles. The highest BCUT2D eigenvalue weighted by Gasteiger charge is 2.34. The number of ether oxygens (including phenoxy) is 1. The molecule has 2 amide bonds. The third-order valence-electron chi connectivity index (χ3n) is 6.17. The van der Waals surface area contributed by atoms with Gasteiger partial charge in [0.25, 0.3) is 0 Å². The quantitative estimate of drug-likeness (QED) is 0.734. The van der Waals surface area contributed by atoms with Crippen molar-refractivity contribution in [3.63, 3.8) is 0 Å². The minimum absolute atomic E-state index is 0.0311. The Morgan fingerprint density at radius 1 is 1.21 bits per heavy atom. The van der Waals surface area contributed by atoms with E-state index in [9.17, 15) is 9.59 Å². The Kier molecular flexibility index (Phi) is 5.86. The average Bonchev–Trinajstić information content (AvgIpc) is 3.52. The maximum absolute atomic E-state index is 12.6. The van der Waals surface area contributed by atoms with Gasteiger partial charge in [0.2, 0.25) is 11.8 Å². The second kappa shape index (κ2) is 8.38. The smallest absolute Gasteiger partial charge is 0.248 e. The standard InChI is InChI=1S/C22H32N4O3/c1-14(2)29-13-20(28)25-10-4-5-17(12-25)21-23-15(3)18-8-9-19(27)26(22(18)24-21)11-16-6-7-16/h14,16-17H,4-13H2,1-3H3/t17-/m0/s1. The molecule has 158 valence electrons. The van der Waals surface area contributed by atoms with Crippen LogP contribution < -0.4 is 4.90 Å². The number of fused-ring (bicyclic) bond motifs is 1. The number of nitrogens with zero attached hydrogens (tertiary/aromatic N) is 4. The number of amides is 2. The summed E-state index contributed by atoms with van der Waals surface area (Å²) in [4.78, 5) is 38.6. The van der Waals surface area contributed by atoms with Crippen molar-refractivity contribution in [2.45, 2.75) is 71.3 Å². The van der Waals surface area contributed by atoms with Crippen LogP contribution in [0, 0.1) is 12.8 Å². The molecule has 2 fully saturated rings. The molecule has 0 radical (unpaired) electrons. The van der Waals surface area contributed by atoms with E-state index in [1.54, 1.807) is 0 Å². The molecule has 7 heteroatoms. The zero-order valence-corrected chi connectivity index (χ0v) is 17.8. The Labute approximate surface area is 172 Å². The van der Waals surface area contributed by atoms with Crippen molar-refractivity contribution in [2.24, 2.45) is 5.92 Å². The lowest BCUT2D eigenvalue weighted by atomic mass is 9.96. The number of aromatic nitrogens is 2. The van der Waals surface area contributed by atoms with Gasteiger partial charge in [-0.2, -0.15) is 0 Å². The molecule has 3 aliphatic rings. The third kappa shape index (κ3) is 4.60. The van der Waals surface area contributed by atoms with E-state index < -0.39 is 0 Å². The van der Waals surface area contributed by atoms with E-state index in [4.69, 9.17) is 14.7 Å². The Bertz CT molecular complexity index is 791. The third-order valence-corrected chi connectivity index (χ3v) is 6.17. The SMILES string of the molecule is Cc1nc([C@H]2CCCN(C(=O)COC(C)C)C2)nc2c1CCC(=O)N2CC1CC1. The first-order valence-corrected chi connectivity index (χ1v) is 11.0. The molecular weight excluding hydrogens is 368 g/mol. The number of hydrogen-bond acceptors (Lipinski definition) is 5. The van der Waals surface area contributed by atoms with Gasteiger partial charge in [-0.1, -0.05) is 0 Å². The first kappa shape index (κ1) is 20.3. The van der Waals surface area contributed by atoms with E-state index in [0.717, 1.165) is 55.3 Å². The van der Waals surface area contributed by atoms with Gasteiger partial charge in [-0.15, -0.1) is 0 Å². The fraction of sp³-hybridized carbons (Fsp3) is 0.727. The van der Waals surface area contributed by atoms with Gasteiger partial charge in [-0.05, 0) is 58.8 Å². The molecule has 2 aliphatic heterocycles. The van der Waals surface area contributed by atoms with E-state index in [-0.39, 0.29) is 30.4 Å². The summed E-state index contributed by atoms with van der Waals surface area (Å²) in [6.07, 6.45) is 5.61. The lowest BCUT2D eigenvalue weighted by Crippen LogP contribution is -2.42. The maximum atomic E-state index is 12.6. The molecule has 1 saturated carbocycles. The van der Waals surface area contributed by atoms with Crippen molar-refractivity contribution in [2.75, 3.05) is 31.1 Å². The first-order valence-electron chi connectivity index (χ1n) is 11.0. The minimum atomic E-state index is 0.0311. The molecule has 1 saturated heterocycles. The molecule has 29 heavy (non-hydrogen) atoms. The number of carbonyl (C=O) groups is 2. The van der Waals surface area contributed by atoms with E-state index in [1.165, 1.54) is 12.8 Å². The number of anilines is 1. The van der Waals surface area contributed by atoms with Crippen LogP contribution in [0.15, 0.2) is 0 Å². The van der Waals surface area contributed by atoms with E-state index in [1.807, 2.05) is 30.6 Å². The lowest BCUT2D eigenvalue weighted by molar-refractivity contribution is -0.138. The second-order valence-corrected chi connectivity index (χ2v) is 8.96. The van der Waals surface area contributed by atoms with E-state index in [2.05, 4.69) is 0 Å². The average molecular weight is 401 g/mol. The summed E-state index contributed by atoms with van der Waals surface area (Å²) in [7, 11) is 0. The van der Waals surface area contributed by atoms with Gasteiger partial charge < -0.3 is 9.64 Å². The molecule has 1 aliphatic carbocycles. The van der Waals surface area contributed by atoms with Crippen LogP contribution in [0.1, 0.15) is 69.0 Å². The number of carbonyl (C=O) groups excluding carboxylic acids is 2. The molecule has 3 heterocycles. The number of piperidine rings is 1. The van der Waals surface area contributed by atoms with Crippen molar-refractivity contribution in [1.82, 2.24) is 14.9 Å². The highest BCUT2D eigenvalue weighted by Crippen LogP contribution is 2.36. The molecule has 1 atom stereocenters. The van der Waals surface area contributed by atoms with Gasteiger partial charge in [-0.25, -0.2) is 9.97 Å². The monoisotopic (exact) mass is 400 g/mol. The summed E-state index contributed by atoms with van der Waals surface area (Å²) >= 11 is 0. The zero-order valence-electron chi connectivity index (χ0n) is 17.8. The fourth-order valence-corrected chi connectivity index (χ4v) is 4.28. The van der Waals surface area contributed by atoms with Gasteiger partial charge in [-0.3, -0.25) is 14.5 Å². The van der Waals surface area contributed by atoms with Crippen LogP contribution in [0.25, 0.3) is 0 Å². The summed E-state index contributed by atoms with van der Waals surface area (Å²) in [6.45, 7) is 8.18. The van der Waals surface area contributed by atoms with Crippen LogP contribution in [0.5, 0.6) is 0 Å². The summed E-state index contributed by atoms with van der Waals surface area (Å²) < 4.78 is 5.49. The van der Waals surface area contributed by atoms with Crippen LogP contribution in [-0.4, -0.2) is 59.0 Å². The summed E-state index contributed by atoms with van der Waals surface area (Å²) in [5, 5.41) is 0. The van der Waals surface area contributed by atoms with Gasteiger partial charge >= 0.3 is 0 Å². The first-order chi connectivity index (χ1) is 13.9. The number of likely N-dealkylation sites (tertiary alicyclic amines) is 1. The summed E-state index contributed by atoms with van der Waals surface area (Å²) in [6, 6.07) is 0. The second-order valence-electron chi connectivity index (χ2n) is 8.96. The molecule has 0 unspecified atom stereocenters. The zero-order chi connectivity index (χ0) is 20.5. The van der Waals surface area contributed by atoms with Crippen LogP contribution in [0.2, 0.25) is 0 Å². The molecule has 1 aromatic rings. The number of rotatable bonds is 6. The Balaban J connectivity index is 1.54. The van der Waals surface area contributed by atoms with Crippen molar-refractivity contribution >= 4 is 17.6 Å². The maximum Gasteiger partial charge on any atom is 0.248 e. The van der Waals surface area contributed by atoms with Gasteiger partial charge in [0.1, 0.15) is 18.2 Å². The van der Waals surface area contributed by atoms with Crippen molar-refractivity contribution in [1.29, 1.82) is 0 Å². The van der Waals surface area contributed by atoms with E-state index >= 15 is 0 Å². The fourth-order valence-electron chi connectivity index (χ4n) is 4.28. The Morgan fingerprint density at radius 2 is 2.00 bits per heavy atom. The molecule has 7 nitrogen and oxygen atoms in total. The molecule has 0 aromatic carbocycles. The summed E-state index contributed by atoms with van der Waals surface area (Å²) in [5.74, 6) is 2.53. The predicted molar refractivity (Wildman–Crippen MR) is 110 cm³/mol. The molecular formula is C22H32N4O3. The summed E-state index contributed by atoms with van der Waals surface area (Å²) in [5.41, 5.74) is 2.09. The van der Waals surface area contributed by atoms with Crippen LogP contribution >= 0.6 is 0 Å². The van der Waals surface area contributed by atoms with Gasteiger partial charge in [0.15, 0.2) is 0 Å². The number of aryl methyl sites for hydroxylation is 1. The largest absolute Gasteiger partial charge is 0.369 e. The predicted octanol–water partition coefficient (Wildman–Crippen LogP) is 2.61.